The molecule has 0 atom stereocenters. The zero-order valence-corrected chi connectivity index (χ0v) is 11.8. The first-order chi connectivity index (χ1) is 9.60. The van der Waals surface area contributed by atoms with Crippen LogP contribution in [0.1, 0.15) is 21.6 Å². The lowest BCUT2D eigenvalue weighted by atomic mass is 10.1. The molecule has 0 spiro atoms. The molecule has 0 aliphatic rings. The number of carbonyl (C=O) groups is 1. The third-order valence-electron chi connectivity index (χ3n) is 2.96. The molecule has 2 N–H and O–H groups in total. The Hall–Kier alpha value is -2.21. The Morgan fingerprint density at radius 3 is 2.95 bits per heavy atom. The van der Waals surface area contributed by atoms with Crippen molar-refractivity contribution in [2.45, 2.75) is 20.0 Å². The van der Waals surface area contributed by atoms with E-state index in [1.807, 2.05) is 25.1 Å². The molecule has 1 heterocycles. The largest absolute Gasteiger partial charge is 0.336 e. The summed E-state index contributed by atoms with van der Waals surface area (Å²) >= 11 is 0. The van der Waals surface area contributed by atoms with Crippen LogP contribution in [0.15, 0.2) is 30.5 Å². The number of amides is 1. The van der Waals surface area contributed by atoms with E-state index in [0.29, 0.717) is 25.3 Å². The third-order valence-corrected chi connectivity index (χ3v) is 2.96. The minimum atomic E-state index is -0.144. The molecule has 0 fully saturated rings. The summed E-state index contributed by atoms with van der Waals surface area (Å²) in [4.78, 5) is 13.9. The van der Waals surface area contributed by atoms with E-state index in [1.54, 1.807) is 22.8 Å². The van der Waals surface area contributed by atoms with Crippen LogP contribution in [0, 0.1) is 6.92 Å². The minimum Gasteiger partial charge on any atom is -0.336 e. The van der Waals surface area contributed by atoms with Crippen molar-refractivity contribution < 1.29 is 4.79 Å². The van der Waals surface area contributed by atoms with E-state index in [2.05, 4.69) is 16.4 Å². The Balaban J connectivity index is 2.04. The summed E-state index contributed by atoms with van der Waals surface area (Å²) in [5.41, 5.74) is 8.05. The average molecular weight is 273 g/mol. The molecule has 0 aliphatic carbocycles. The van der Waals surface area contributed by atoms with E-state index in [0.717, 1.165) is 5.56 Å². The highest BCUT2D eigenvalue weighted by atomic mass is 16.2. The molecule has 0 unspecified atom stereocenters. The molecule has 2 aromatic rings. The predicted octanol–water partition coefficient (Wildman–Crippen LogP) is 0.817. The van der Waals surface area contributed by atoms with Crippen molar-refractivity contribution in [2.75, 3.05) is 13.6 Å². The molecule has 6 nitrogen and oxygen atoms in total. The number of hydrogen-bond donors (Lipinski definition) is 1. The number of aryl methyl sites for hydroxylation is 1. The summed E-state index contributed by atoms with van der Waals surface area (Å²) in [6.45, 7) is 3.60. The van der Waals surface area contributed by atoms with Crippen LogP contribution in [0.5, 0.6) is 0 Å². The first-order valence-electron chi connectivity index (χ1n) is 6.51. The lowest BCUT2D eigenvalue weighted by Crippen LogP contribution is -2.26. The first kappa shape index (κ1) is 14.2. The summed E-state index contributed by atoms with van der Waals surface area (Å²) in [5, 5.41) is 7.75. The fourth-order valence-electron chi connectivity index (χ4n) is 1.99. The van der Waals surface area contributed by atoms with Gasteiger partial charge in [-0.1, -0.05) is 35.0 Å². The molecular weight excluding hydrogens is 254 g/mol. The number of hydrogen-bond acceptors (Lipinski definition) is 4. The fraction of sp³-hybridized carbons (Fsp3) is 0.357. The lowest BCUT2D eigenvalue weighted by Gasteiger charge is -2.15. The minimum absolute atomic E-state index is 0.144. The van der Waals surface area contributed by atoms with Gasteiger partial charge in [0.1, 0.15) is 0 Å². The van der Waals surface area contributed by atoms with Crippen LogP contribution in [-0.2, 0) is 13.1 Å². The van der Waals surface area contributed by atoms with Gasteiger partial charge >= 0.3 is 0 Å². The molecule has 0 radical (unpaired) electrons. The van der Waals surface area contributed by atoms with E-state index in [-0.39, 0.29) is 5.91 Å². The van der Waals surface area contributed by atoms with Crippen molar-refractivity contribution in [3.05, 3.63) is 47.3 Å². The van der Waals surface area contributed by atoms with Gasteiger partial charge in [0.05, 0.1) is 12.7 Å². The maximum absolute atomic E-state index is 12.2. The van der Waals surface area contributed by atoms with Gasteiger partial charge in [0, 0.05) is 20.1 Å². The average Bonchev–Trinajstić information content (AvgIpc) is 2.87. The first-order valence-corrected chi connectivity index (χ1v) is 6.51. The molecule has 6 heteroatoms. The van der Waals surface area contributed by atoms with Gasteiger partial charge in [0.2, 0.25) is 0 Å². The summed E-state index contributed by atoms with van der Waals surface area (Å²) in [6, 6.07) is 8.08. The Morgan fingerprint density at radius 2 is 2.25 bits per heavy atom. The quantitative estimate of drug-likeness (QED) is 0.875. The van der Waals surface area contributed by atoms with E-state index in [1.165, 1.54) is 5.56 Å². The zero-order chi connectivity index (χ0) is 14.5. The molecule has 1 aromatic carbocycles. The van der Waals surface area contributed by atoms with Crippen molar-refractivity contribution in [3.63, 3.8) is 0 Å². The van der Waals surface area contributed by atoms with Crippen LogP contribution < -0.4 is 5.73 Å². The van der Waals surface area contributed by atoms with Gasteiger partial charge in [-0.2, -0.15) is 0 Å². The highest BCUT2D eigenvalue weighted by molar-refractivity contribution is 5.91. The SMILES string of the molecule is Cc1cccc(CN(C)C(=O)c2cn(CCN)nn2)c1. The molecule has 0 saturated carbocycles. The Morgan fingerprint density at radius 1 is 1.45 bits per heavy atom. The summed E-state index contributed by atoms with van der Waals surface area (Å²) in [5.74, 6) is -0.144. The van der Waals surface area contributed by atoms with Crippen LogP contribution in [0.25, 0.3) is 0 Å². The standard InChI is InChI=1S/C14H19N5O/c1-11-4-3-5-12(8-11)9-18(2)14(20)13-10-19(7-6-15)17-16-13/h3-5,8,10H,6-7,9,15H2,1-2H3. The van der Waals surface area contributed by atoms with Crippen LogP contribution in [0.3, 0.4) is 0 Å². The highest BCUT2D eigenvalue weighted by Crippen LogP contribution is 2.08. The predicted molar refractivity (Wildman–Crippen MR) is 76.1 cm³/mol. The Labute approximate surface area is 118 Å². The zero-order valence-electron chi connectivity index (χ0n) is 11.8. The maximum atomic E-state index is 12.2. The summed E-state index contributed by atoms with van der Waals surface area (Å²) in [6.07, 6.45) is 1.63. The second-order valence-electron chi connectivity index (χ2n) is 4.81. The van der Waals surface area contributed by atoms with Crippen LogP contribution in [0.4, 0.5) is 0 Å². The molecule has 20 heavy (non-hydrogen) atoms. The number of carbonyl (C=O) groups excluding carboxylic acids is 1. The maximum Gasteiger partial charge on any atom is 0.276 e. The third kappa shape index (κ3) is 3.42. The Kier molecular flexibility index (Phi) is 4.47. The smallest absolute Gasteiger partial charge is 0.276 e. The normalized spacial score (nSPS) is 10.6. The molecule has 2 rings (SSSR count). The topological polar surface area (TPSA) is 77.0 Å². The molecule has 0 aliphatic heterocycles. The van der Waals surface area contributed by atoms with Gasteiger partial charge in [0.15, 0.2) is 5.69 Å². The van der Waals surface area contributed by atoms with Crippen molar-refractivity contribution in [1.82, 2.24) is 19.9 Å². The number of rotatable bonds is 5. The van der Waals surface area contributed by atoms with E-state index in [4.69, 9.17) is 5.73 Å². The van der Waals surface area contributed by atoms with E-state index >= 15 is 0 Å². The lowest BCUT2D eigenvalue weighted by molar-refractivity contribution is 0.0779. The van der Waals surface area contributed by atoms with Crippen LogP contribution in [0.2, 0.25) is 0 Å². The summed E-state index contributed by atoms with van der Waals surface area (Å²) in [7, 11) is 1.76. The number of aromatic nitrogens is 3. The second-order valence-corrected chi connectivity index (χ2v) is 4.81. The van der Waals surface area contributed by atoms with Gasteiger partial charge in [0.25, 0.3) is 5.91 Å². The molecule has 1 aromatic heterocycles. The van der Waals surface area contributed by atoms with Gasteiger partial charge in [-0.05, 0) is 12.5 Å². The molecule has 106 valence electrons. The molecule has 1 amide bonds. The number of nitrogens with zero attached hydrogens (tertiary/aromatic N) is 4. The monoisotopic (exact) mass is 273 g/mol. The molecular formula is C14H19N5O. The highest BCUT2D eigenvalue weighted by Gasteiger charge is 2.15. The number of nitrogens with two attached hydrogens (primary N) is 1. The van der Waals surface area contributed by atoms with Crippen molar-refractivity contribution in [2.24, 2.45) is 5.73 Å². The van der Waals surface area contributed by atoms with Crippen molar-refractivity contribution in [1.29, 1.82) is 0 Å². The van der Waals surface area contributed by atoms with Gasteiger partial charge in [-0.3, -0.25) is 9.48 Å². The van der Waals surface area contributed by atoms with E-state index < -0.39 is 0 Å². The summed E-state index contributed by atoms with van der Waals surface area (Å²) < 4.78 is 1.58. The van der Waals surface area contributed by atoms with Gasteiger partial charge < -0.3 is 10.6 Å². The van der Waals surface area contributed by atoms with Crippen LogP contribution in [-0.4, -0.2) is 39.4 Å². The Bertz CT molecular complexity index is 593. The second kappa shape index (κ2) is 6.29. The van der Waals surface area contributed by atoms with E-state index in [9.17, 15) is 4.79 Å². The molecule has 0 saturated heterocycles. The fourth-order valence-corrected chi connectivity index (χ4v) is 1.99. The van der Waals surface area contributed by atoms with Gasteiger partial charge in [-0.25, -0.2) is 0 Å². The molecule has 0 bridgehead atoms. The van der Waals surface area contributed by atoms with Crippen molar-refractivity contribution >= 4 is 5.91 Å². The van der Waals surface area contributed by atoms with Crippen molar-refractivity contribution in [3.8, 4) is 0 Å². The number of benzene rings is 1. The van der Waals surface area contributed by atoms with Crippen LogP contribution >= 0.6 is 0 Å². The van der Waals surface area contributed by atoms with Gasteiger partial charge in [-0.15, -0.1) is 5.10 Å².